The molecule has 0 saturated heterocycles. The van der Waals surface area contributed by atoms with Gasteiger partial charge < -0.3 is 0 Å². The molecule has 0 amide bonds. The normalized spacial score (nSPS) is 11.6. The molecule has 0 atom stereocenters. The summed E-state index contributed by atoms with van der Waals surface area (Å²) in [5.74, 6) is -1.24. The third kappa shape index (κ3) is 3.31. The summed E-state index contributed by atoms with van der Waals surface area (Å²) < 4.78 is 29.2. The summed E-state index contributed by atoms with van der Waals surface area (Å²) >= 11 is 0. The molecule has 0 saturated carbocycles. The summed E-state index contributed by atoms with van der Waals surface area (Å²) in [6.45, 7) is 4.05. The molecule has 3 nitrogen and oxygen atoms in total. The molecule has 0 bridgehead atoms. The number of para-hydroxylation sites is 1. The lowest BCUT2D eigenvalue weighted by Crippen LogP contribution is -2.22. The fraction of sp³-hybridized carbons (Fsp3) is 0.130. The van der Waals surface area contributed by atoms with Gasteiger partial charge in [0.1, 0.15) is 11.6 Å². The molecule has 4 rings (SSSR count). The molecule has 2 heterocycles. The molecule has 0 spiro atoms. The van der Waals surface area contributed by atoms with E-state index in [1.54, 1.807) is 6.07 Å². The Balaban J connectivity index is 1.71. The van der Waals surface area contributed by atoms with Crippen LogP contribution in [0.1, 0.15) is 25.2 Å². The van der Waals surface area contributed by atoms with E-state index in [0.717, 1.165) is 23.1 Å². The van der Waals surface area contributed by atoms with E-state index in [1.165, 1.54) is 12.1 Å². The predicted octanol–water partition coefficient (Wildman–Crippen LogP) is 5.54. The number of nitrogens with zero attached hydrogens (tertiary/aromatic N) is 3. The highest BCUT2D eigenvalue weighted by Gasteiger charge is 2.28. The second-order valence-electron chi connectivity index (χ2n) is 7.14. The molecule has 0 N–H and O–H groups in total. The number of benzene rings is 2. The first-order valence-corrected chi connectivity index (χ1v) is 9.00. The zero-order chi connectivity index (χ0) is 19.7. The van der Waals surface area contributed by atoms with Gasteiger partial charge in [-0.05, 0) is 56.3 Å². The fourth-order valence-corrected chi connectivity index (χ4v) is 3.14. The van der Waals surface area contributed by atoms with E-state index in [1.807, 2.05) is 73.3 Å². The van der Waals surface area contributed by atoms with Gasteiger partial charge in [0.05, 0.1) is 28.2 Å². The number of rotatable bonds is 4. The lowest BCUT2D eigenvalue weighted by atomic mass is 9.85. The molecule has 0 unspecified atom stereocenters. The van der Waals surface area contributed by atoms with Crippen LogP contribution in [-0.2, 0) is 5.41 Å². The van der Waals surface area contributed by atoms with Crippen LogP contribution in [0.3, 0.4) is 0 Å². The van der Waals surface area contributed by atoms with Crippen LogP contribution in [0.25, 0.3) is 16.9 Å². The van der Waals surface area contributed by atoms with E-state index >= 15 is 0 Å². The Bertz CT molecular complexity index is 1120. The van der Waals surface area contributed by atoms with Crippen molar-refractivity contribution < 1.29 is 8.78 Å². The Labute approximate surface area is 162 Å². The monoisotopic (exact) mass is 375 g/mol. The highest BCUT2D eigenvalue weighted by molar-refractivity contribution is 5.60. The third-order valence-corrected chi connectivity index (χ3v) is 4.85. The molecule has 5 heteroatoms. The van der Waals surface area contributed by atoms with Gasteiger partial charge >= 0.3 is 0 Å². The van der Waals surface area contributed by atoms with Gasteiger partial charge in [-0.2, -0.15) is 5.10 Å². The van der Waals surface area contributed by atoms with Crippen molar-refractivity contribution in [3.8, 4) is 16.9 Å². The molecule has 28 heavy (non-hydrogen) atoms. The van der Waals surface area contributed by atoms with Crippen molar-refractivity contribution in [2.75, 3.05) is 0 Å². The zero-order valence-corrected chi connectivity index (χ0v) is 15.6. The van der Waals surface area contributed by atoms with E-state index in [-0.39, 0.29) is 5.56 Å². The Morgan fingerprint density at radius 1 is 0.821 bits per heavy atom. The summed E-state index contributed by atoms with van der Waals surface area (Å²) in [4.78, 5) is 4.65. The number of pyridine rings is 1. The van der Waals surface area contributed by atoms with Gasteiger partial charge in [-0.3, -0.25) is 4.98 Å². The Morgan fingerprint density at radius 3 is 2.36 bits per heavy atom. The molecule has 4 aromatic rings. The van der Waals surface area contributed by atoms with Crippen molar-refractivity contribution >= 4 is 0 Å². The van der Waals surface area contributed by atoms with Gasteiger partial charge in [-0.25, -0.2) is 13.5 Å². The second kappa shape index (κ2) is 7.00. The number of hydrogen-bond donors (Lipinski definition) is 0. The standard InChI is InChI=1S/C23H19F2N3/c1-23(2,22-13-14-28(27-22)17-7-4-3-5-8-17)21-10-6-9-20(26-21)18-12-11-16(24)15-19(18)25/h3-15H,1-2H3. The van der Waals surface area contributed by atoms with Gasteiger partial charge in [0.2, 0.25) is 0 Å². The minimum Gasteiger partial charge on any atom is -0.252 e. The van der Waals surface area contributed by atoms with Crippen molar-refractivity contribution in [2.24, 2.45) is 0 Å². The molecule has 140 valence electrons. The van der Waals surface area contributed by atoms with Crippen LogP contribution in [0.4, 0.5) is 8.78 Å². The quantitative estimate of drug-likeness (QED) is 0.469. The molecule has 0 radical (unpaired) electrons. The lowest BCUT2D eigenvalue weighted by Gasteiger charge is -2.22. The maximum atomic E-state index is 14.2. The van der Waals surface area contributed by atoms with Gasteiger partial charge in [-0.1, -0.05) is 24.3 Å². The second-order valence-corrected chi connectivity index (χ2v) is 7.14. The number of halogens is 2. The molecule has 0 fully saturated rings. The lowest BCUT2D eigenvalue weighted by molar-refractivity contribution is 0.580. The predicted molar refractivity (Wildman–Crippen MR) is 105 cm³/mol. The van der Waals surface area contributed by atoms with Crippen LogP contribution >= 0.6 is 0 Å². The van der Waals surface area contributed by atoms with Gasteiger partial charge in [0, 0.05) is 17.8 Å². The first-order chi connectivity index (χ1) is 13.4. The molecule has 0 aliphatic carbocycles. The van der Waals surface area contributed by atoms with Gasteiger partial charge in [0.25, 0.3) is 0 Å². The van der Waals surface area contributed by atoms with Crippen molar-refractivity contribution in [1.29, 1.82) is 0 Å². The smallest absolute Gasteiger partial charge is 0.135 e. The van der Waals surface area contributed by atoms with Crippen LogP contribution in [0.2, 0.25) is 0 Å². The maximum Gasteiger partial charge on any atom is 0.135 e. The van der Waals surface area contributed by atoms with Crippen molar-refractivity contribution in [3.63, 3.8) is 0 Å². The fourth-order valence-electron chi connectivity index (χ4n) is 3.14. The Hall–Kier alpha value is -3.34. The van der Waals surface area contributed by atoms with Crippen LogP contribution in [-0.4, -0.2) is 14.8 Å². The first-order valence-electron chi connectivity index (χ1n) is 9.00. The number of hydrogen-bond acceptors (Lipinski definition) is 2. The Morgan fingerprint density at radius 2 is 1.61 bits per heavy atom. The minimum absolute atomic E-state index is 0.272. The summed E-state index contributed by atoms with van der Waals surface area (Å²) in [6, 6.07) is 20.8. The topological polar surface area (TPSA) is 30.7 Å². The maximum absolute atomic E-state index is 14.2. The van der Waals surface area contributed by atoms with Crippen molar-refractivity contribution in [1.82, 2.24) is 14.8 Å². The largest absolute Gasteiger partial charge is 0.252 e. The van der Waals surface area contributed by atoms with Gasteiger partial charge in [-0.15, -0.1) is 0 Å². The molecule has 2 aromatic carbocycles. The SMILES string of the molecule is CC(C)(c1cccc(-c2ccc(F)cc2F)n1)c1ccn(-c2ccccc2)n1. The average Bonchev–Trinajstić information content (AvgIpc) is 3.20. The van der Waals surface area contributed by atoms with Crippen LogP contribution in [0, 0.1) is 11.6 Å². The molecular weight excluding hydrogens is 356 g/mol. The molecular formula is C23H19F2N3. The molecule has 2 aromatic heterocycles. The van der Waals surface area contributed by atoms with E-state index in [2.05, 4.69) is 4.98 Å². The van der Waals surface area contributed by atoms with Crippen LogP contribution in [0.5, 0.6) is 0 Å². The van der Waals surface area contributed by atoms with E-state index in [4.69, 9.17) is 5.10 Å². The van der Waals surface area contributed by atoms with E-state index < -0.39 is 17.0 Å². The minimum atomic E-state index is -0.629. The average molecular weight is 375 g/mol. The van der Waals surface area contributed by atoms with Gasteiger partial charge in [0.15, 0.2) is 0 Å². The Kier molecular flexibility index (Phi) is 4.51. The molecule has 0 aliphatic heterocycles. The summed E-state index contributed by atoms with van der Waals surface area (Å²) in [6.07, 6.45) is 1.91. The van der Waals surface area contributed by atoms with E-state index in [0.29, 0.717) is 5.69 Å². The van der Waals surface area contributed by atoms with Crippen molar-refractivity contribution in [3.05, 3.63) is 102 Å². The van der Waals surface area contributed by atoms with Crippen LogP contribution in [0.15, 0.2) is 79.0 Å². The highest BCUT2D eigenvalue weighted by atomic mass is 19.1. The van der Waals surface area contributed by atoms with E-state index in [9.17, 15) is 8.78 Å². The molecule has 0 aliphatic rings. The summed E-state index contributed by atoms with van der Waals surface area (Å²) in [5.41, 5.74) is 2.82. The first kappa shape index (κ1) is 18.0. The van der Waals surface area contributed by atoms with Crippen LogP contribution < -0.4 is 0 Å². The number of aromatic nitrogens is 3. The summed E-state index contributed by atoms with van der Waals surface area (Å²) in [5, 5.41) is 4.71. The highest BCUT2D eigenvalue weighted by Crippen LogP contribution is 2.31. The van der Waals surface area contributed by atoms with Crippen molar-refractivity contribution in [2.45, 2.75) is 19.3 Å². The summed E-state index contributed by atoms with van der Waals surface area (Å²) in [7, 11) is 0. The third-order valence-electron chi connectivity index (χ3n) is 4.85. The zero-order valence-electron chi connectivity index (χ0n) is 15.6.